The predicted octanol–water partition coefficient (Wildman–Crippen LogP) is 5.96. The number of hydrogen-bond donors (Lipinski definition) is 1. The summed E-state index contributed by atoms with van der Waals surface area (Å²) in [6.45, 7) is 3.81. The maximum Gasteiger partial charge on any atom is 0.352 e. The first-order valence-corrected chi connectivity index (χ1v) is 18.3. The number of phenols is 1. The number of aromatic hydroxyl groups is 1. The highest BCUT2D eigenvalue weighted by molar-refractivity contribution is 7.22. The number of aryl methyl sites for hydroxylation is 2. The molecule has 2 aliphatic heterocycles. The van der Waals surface area contributed by atoms with Crippen molar-refractivity contribution in [3.8, 4) is 27.8 Å². The lowest BCUT2D eigenvalue weighted by atomic mass is 9.56. The summed E-state index contributed by atoms with van der Waals surface area (Å²) in [6, 6.07) is 20.2. The van der Waals surface area contributed by atoms with Crippen LogP contribution in [-0.4, -0.2) is 47.7 Å². The molecule has 2 fully saturated rings. The molecule has 53 heavy (non-hydrogen) atoms. The number of amides is 2. The van der Waals surface area contributed by atoms with Crippen LogP contribution < -0.4 is 21.0 Å². The second-order valence-electron chi connectivity index (χ2n) is 14.0. The Kier molecular flexibility index (Phi) is 7.31. The second kappa shape index (κ2) is 11.7. The van der Waals surface area contributed by atoms with Crippen molar-refractivity contribution in [3.63, 3.8) is 0 Å². The van der Waals surface area contributed by atoms with Gasteiger partial charge < -0.3 is 9.84 Å². The first-order chi connectivity index (χ1) is 25.4. The standard InChI is InChI=1S/C39H33ClN6O6S/c1-20-25-16-21(40)10-13-31(25)53-34(20)28-19-32(42(3)41-28)45-35(48)27-18-29-24(33(39(27,2)36(45)49)26-17-23(52-4)11-12-30(26)47)14-15-43-37(50)44(38(51)46(29)43)22-8-6-5-7-9-22/h5-14,16-17,19,27,29,33,47H,15,18H2,1-4H3. The van der Waals surface area contributed by atoms with E-state index in [1.54, 1.807) is 73.8 Å². The molecule has 3 aromatic heterocycles. The van der Waals surface area contributed by atoms with E-state index in [9.17, 15) is 19.5 Å². The van der Waals surface area contributed by atoms with Crippen LogP contribution in [0, 0.1) is 18.3 Å². The Labute approximate surface area is 311 Å². The number of carbonyl (C=O) groups excluding carboxylic acids is 2. The number of methoxy groups -OCH3 is 1. The maximum absolute atomic E-state index is 15.1. The Morgan fingerprint density at radius 1 is 1.00 bits per heavy atom. The number of rotatable bonds is 5. The lowest BCUT2D eigenvalue weighted by Crippen LogP contribution is -2.49. The van der Waals surface area contributed by atoms with E-state index in [2.05, 4.69) is 0 Å². The molecule has 14 heteroatoms. The van der Waals surface area contributed by atoms with Gasteiger partial charge >= 0.3 is 11.4 Å². The molecule has 1 aliphatic carbocycles. The Bertz CT molecular complexity index is 2700. The van der Waals surface area contributed by atoms with Crippen molar-refractivity contribution in [2.75, 3.05) is 12.0 Å². The van der Waals surface area contributed by atoms with Gasteiger partial charge in [0.2, 0.25) is 11.8 Å². The fraction of sp³-hybridized carbons (Fsp3) is 0.256. The summed E-state index contributed by atoms with van der Waals surface area (Å²) < 4.78 is 12.0. The fourth-order valence-corrected chi connectivity index (χ4v) is 10.1. The topological polar surface area (TPSA) is 134 Å². The van der Waals surface area contributed by atoms with Crippen LogP contribution in [0.1, 0.15) is 36.4 Å². The van der Waals surface area contributed by atoms with E-state index >= 15 is 4.79 Å². The summed E-state index contributed by atoms with van der Waals surface area (Å²) in [6.07, 6.45) is 1.93. The van der Waals surface area contributed by atoms with E-state index in [1.165, 1.54) is 32.1 Å². The maximum atomic E-state index is 15.1. The summed E-state index contributed by atoms with van der Waals surface area (Å²) in [7, 11) is 3.20. The minimum Gasteiger partial charge on any atom is -0.508 e. The largest absolute Gasteiger partial charge is 0.508 e. The highest BCUT2D eigenvalue weighted by Gasteiger charge is 2.66. The number of thiophene rings is 1. The van der Waals surface area contributed by atoms with Crippen molar-refractivity contribution >= 4 is 50.7 Å². The van der Waals surface area contributed by atoms with Gasteiger partial charge in [-0.05, 0) is 85.3 Å². The number of ether oxygens (including phenoxy) is 1. The Morgan fingerprint density at radius 2 is 1.77 bits per heavy atom. The third kappa shape index (κ3) is 4.56. The third-order valence-electron chi connectivity index (χ3n) is 11.3. The summed E-state index contributed by atoms with van der Waals surface area (Å²) in [5, 5.41) is 17.8. The van der Waals surface area contributed by atoms with Crippen LogP contribution in [0.25, 0.3) is 26.3 Å². The average molecular weight is 749 g/mol. The minimum absolute atomic E-state index is 0.0540. The van der Waals surface area contributed by atoms with Gasteiger partial charge in [0.1, 0.15) is 23.0 Å². The summed E-state index contributed by atoms with van der Waals surface area (Å²) in [5.41, 5.74) is 0.589. The number of carbonyl (C=O) groups is 2. The zero-order valence-corrected chi connectivity index (χ0v) is 30.7. The van der Waals surface area contributed by atoms with Crippen LogP contribution in [-0.2, 0) is 23.2 Å². The molecule has 6 aromatic rings. The molecule has 0 bridgehead atoms. The summed E-state index contributed by atoms with van der Waals surface area (Å²) in [4.78, 5) is 60.0. The van der Waals surface area contributed by atoms with Gasteiger partial charge in [-0.25, -0.2) is 28.4 Å². The SMILES string of the molecule is COc1ccc(O)c(C2C3=CCn4c(=O)n(-c5ccccc5)c(=O)n4C3CC3C(=O)N(c4cc(-c5sc6ccc(Cl)cc6c5C)nn4C)C(=O)C32C)c1. The van der Waals surface area contributed by atoms with E-state index in [-0.39, 0.29) is 18.7 Å². The molecule has 1 saturated heterocycles. The van der Waals surface area contributed by atoms with Gasteiger partial charge in [-0.3, -0.25) is 14.3 Å². The zero-order valence-electron chi connectivity index (χ0n) is 29.1. The van der Waals surface area contributed by atoms with E-state index in [1.807, 2.05) is 31.2 Å². The van der Waals surface area contributed by atoms with Gasteiger partial charge in [0.25, 0.3) is 0 Å². The van der Waals surface area contributed by atoms with E-state index in [0.29, 0.717) is 39.1 Å². The molecule has 3 aliphatic rings. The molecule has 4 unspecified atom stereocenters. The number of hydrogen-bond acceptors (Lipinski definition) is 8. The minimum atomic E-state index is -1.40. The summed E-state index contributed by atoms with van der Waals surface area (Å²) >= 11 is 7.86. The van der Waals surface area contributed by atoms with Crippen LogP contribution in [0.3, 0.4) is 0 Å². The monoisotopic (exact) mass is 748 g/mol. The Morgan fingerprint density at radius 3 is 2.53 bits per heavy atom. The number of allylic oxidation sites excluding steroid dienone is 2. The van der Waals surface area contributed by atoms with Gasteiger partial charge in [0.15, 0.2) is 0 Å². The molecule has 1 N–H and O–H groups in total. The van der Waals surface area contributed by atoms with Gasteiger partial charge in [-0.2, -0.15) is 5.10 Å². The Hall–Kier alpha value is -5.66. The molecular weight excluding hydrogens is 716 g/mol. The first-order valence-electron chi connectivity index (χ1n) is 17.1. The highest BCUT2D eigenvalue weighted by Crippen LogP contribution is 2.62. The molecule has 3 aromatic carbocycles. The van der Waals surface area contributed by atoms with E-state index in [0.717, 1.165) is 25.1 Å². The molecule has 4 atom stereocenters. The van der Waals surface area contributed by atoms with Crippen molar-refractivity contribution in [3.05, 3.63) is 122 Å². The summed E-state index contributed by atoms with van der Waals surface area (Å²) in [5.74, 6) is -2.04. The van der Waals surface area contributed by atoms with Crippen molar-refractivity contribution < 1.29 is 19.4 Å². The van der Waals surface area contributed by atoms with Crippen LogP contribution in [0.4, 0.5) is 5.82 Å². The smallest absolute Gasteiger partial charge is 0.352 e. The normalized spacial score (nSPS) is 22.2. The van der Waals surface area contributed by atoms with Gasteiger partial charge in [-0.15, -0.1) is 11.3 Å². The number of phenolic OH excluding ortho intramolecular Hbond substituents is 1. The van der Waals surface area contributed by atoms with Crippen LogP contribution in [0.2, 0.25) is 5.02 Å². The van der Waals surface area contributed by atoms with Gasteiger partial charge in [-0.1, -0.05) is 35.9 Å². The van der Waals surface area contributed by atoms with Crippen molar-refractivity contribution in [1.82, 2.24) is 23.7 Å². The Balaban J connectivity index is 1.21. The second-order valence-corrected chi connectivity index (χ2v) is 15.5. The molecular formula is C39H33ClN6O6S. The van der Waals surface area contributed by atoms with Gasteiger partial charge in [0, 0.05) is 34.3 Å². The zero-order chi connectivity index (χ0) is 37.1. The third-order valence-corrected chi connectivity index (χ3v) is 12.8. The van der Waals surface area contributed by atoms with Crippen LogP contribution in [0.15, 0.2) is 94.0 Å². The lowest BCUT2D eigenvalue weighted by Gasteiger charge is -2.47. The number of anilines is 1. The number of aromatic nitrogens is 5. The highest BCUT2D eigenvalue weighted by atomic mass is 35.5. The quantitative estimate of drug-likeness (QED) is 0.170. The van der Waals surface area contributed by atoms with Crippen LogP contribution in [0.5, 0.6) is 11.5 Å². The molecule has 5 heterocycles. The molecule has 268 valence electrons. The number of benzene rings is 3. The first kappa shape index (κ1) is 33.2. The molecule has 1 saturated carbocycles. The van der Waals surface area contributed by atoms with Crippen molar-refractivity contribution in [2.24, 2.45) is 18.4 Å². The molecule has 2 amide bonds. The van der Waals surface area contributed by atoms with Crippen molar-refractivity contribution in [2.45, 2.75) is 38.8 Å². The number of fused-ring (bicyclic) bond motifs is 5. The van der Waals surface area contributed by atoms with Crippen LogP contribution >= 0.6 is 22.9 Å². The van der Waals surface area contributed by atoms with E-state index < -0.39 is 46.5 Å². The molecule has 0 spiro atoms. The lowest BCUT2D eigenvalue weighted by molar-refractivity contribution is -0.129. The number of para-hydroxylation sites is 1. The fourth-order valence-electron chi connectivity index (χ4n) is 8.74. The predicted molar refractivity (Wildman–Crippen MR) is 201 cm³/mol. The number of halogens is 1. The van der Waals surface area contributed by atoms with E-state index in [4.69, 9.17) is 21.4 Å². The average Bonchev–Trinajstić information content (AvgIpc) is 3.82. The molecule has 9 rings (SSSR count). The molecule has 12 nitrogen and oxygen atoms in total. The number of imide groups is 1. The number of nitrogens with zero attached hydrogens (tertiary/aromatic N) is 6. The van der Waals surface area contributed by atoms with Gasteiger partial charge in [0.05, 0.1) is 41.6 Å². The van der Waals surface area contributed by atoms with Crippen molar-refractivity contribution in [1.29, 1.82) is 0 Å². The molecule has 0 radical (unpaired) electrons.